The van der Waals surface area contributed by atoms with Crippen LogP contribution < -0.4 is 29.9 Å². The van der Waals surface area contributed by atoms with Gasteiger partial charge in [-0.05, 0) is 85.3 Å². The molecule has 0 unspecified atom stereocenters. The molecule has 4 saturated heterocycles. The maximum absolute atomic E-state index is 14.8. The van der Waals surface area contributed by atoms with E-state index in [0.29, 0.717) is 141 Å². The van der Waals surface area contributed by atoms with Crippen molar-refractivity contribution < 1.29 is 71.1 Å². The third-order valence-electron chi connectivity index (χ3n) is 17.4. The van der Waals surface area contributed by atoms with Gasteiger partial charge < -0.3 is 49.6 Å². The lowest BCUT2D eigenvalue weighted by Gasteiger charge is -2.38. The third-order valence-corrected chi connectivity index (χ3v) is 20.0. The zero-order valence-corrected chi connectivity index (χ0v) is 58.0. The lowest BCUT2D eigenvalue weighted by atomic mass is 9.95. The number of carbonyl (C=O) groups is 6. The molecule has 4 atom stereocenters. The van der Waals surface area contributed by atoms with Gasteiger partial charge in [0.25, 0.3) is 0 Å². The zero-order valence-electron chi connectivity index (χ0n) is 54.0. The number of thiazole rings is 2. The van der Waals surface area contributed by atoms with E-state index < -0.39 is 53.4 Å². The van der Waals surface area contributed by atoms with Crippen molar-refractivity contribution >= 4 is 109 Å². The van der Waals surface area contributed by atoms with Crippen LogP contribution in [0, 0.1) is 17.5 Å². The van der Waals surface area contributed by atoms with Crippen LogP contribution in [0.1, 0.15) is 60.9 Å². The van der Waals surface area contributed by atoms with Gasteiger partial charge in [-0.15, -0.1) is 22.7 Å². The number of ether oxygens (including phenoxy) is 4. The second-order valence-electron chi connectivity index (χ2n) is 23.8. The number of halogens is 5. The van der Waals surface area contributed by atoms with Gasteiger partial charge in [0, 0.05) is 133 Å². The van der Waals surface area contributed by atoms with Crippen molar-refractivity contribution in [2.24, 2.45) is 9.98 Å². The lowest BCUT2D eigenvalue weighted by molar-refractivity contribution is -0.139. The number of carboxylic acids is 2. The highest BCUT2D eigenvalue weighted by atomic mass is 79.9. The molecule has 4 amide bonds. The standard InChI is InChI=1S/C35H31BrFN7O6S.C35H29ClF2N6O6S/c1-2-49-34(47)29-27(40-31(32-38-11-14-51-32)41-30(29)25-9-5-21(37)15-26(25)36)19-42-12-13-43-23(17-42)18-44(35(43)48)22-6-10-28(39-16-22)50-24-7-3-20(4-8-24)33(45)46;1-49-34(47)29-27(40-31(32-39-8-11-51-32)41-30(29)24-4-2-3-5-25(24)36)18-42-9-10-43-22(16-42)17-44(35(43)48)21-13-20(37)14-23(15-21)50-28-7-6-19(33(45)46)12-26(28)38/h3-11,14-16,23,30H,2,12-13,17-19H2,1H3,(H,40,41)(H,45,46);2-8,11-15,22,30H,9-10,16-18H2,1H3,(H,40,41)(H,45,46)/t23-,30-;22-,30-/m00/s1. The van der Waals surface area contributed by atoms with Crippen molar-refractivity contribution in [3.63, 3.8) is 0 Å². The summed E-state index contributed by atoms with van der Waals surface area (Å²) in [6.45, 7) is 6.03. The minimum Gasteiger partial charge on any atom is -0.478 e. The Morgan fingerprint density at radius 1 is 0.627 bits per heavy atom. The molecule has 4 fully saturated rings. The van der Waals surface area contributed by atoms with E-state index >= 15 is 0 Å². The fourth-order valence-electron chi connectivity index (χ4n) is 12.7. The third kappa shape index (κ3) is 15.1. The zero-order chi connectivity index (χ0) is 71.5. The van der Waals surface area contributed by atoms with Crippen molar-refractivity contribution in [3.8, 4) is 23.1 Å². The molecule has 0 spiro atoms. The van der Waals surface area contributed by atoms with Crippen molar-refractivity contribution in [1.29, 1.82) is 0 Å². The fourth-order valence-corrected chi connectivity index (χ4v) is 14.7. The Balaban J connectivity index is 0.000000182. The summed E-state index contributed by atoms with van der Waals surface area (Å²) < 4.78 is 66.1. The van der Waals surface area contributed by atoms with Gasteiger partial charge in [0.1, 0.15) is 35.2 Å². The van der Waals surface area contributed by atoms with E-state index in [2.05, 4.69) is 51.3 Å². The number of anilines is 2. The number of methoxy groups -OCH3 is 1. The van der Waals surface area contributed by atoms with Crippen LogP contribution in [0.15, 0.2) is 182 Å². The summed E-state index contributed by atoms with van der Waals surface area (Å²) >= 11 is 12.9. The molecule has 32 heteroatoms. The fraction of sp³-hybridized carbons (Fsp3) is 0.243. The molecular formula is C70H60BrClF3N13O12S2. The molecule has 9 heterocycles. The number of rotatable bonds is 19. The number of aromatic carboxylic acids is 2. The minimum atomic E-state index is -1.30. The Hall–Kier alpha value is -10.6. The summed E-state index contributed by atoms with van der Waals surface area (Å²) in [4.78, 5) is 110. The van der Waals surface area contributed by atoms with Crippen LogP contribution in [0.25, 0.3) is 0 Å². The van der Waals surface area contributed by atoms with Crippen LogP contribution in [-0.2, 0) is 19.1 Å². The van der Waals surface area contributed by atoms with E-state index in [1.54, 1.807) is 77.8 Å². The smallest absolute Gasteiger partial charge is 0.338 e. The first-order chi connectivity index (χ1) is 49.3. The summed E-state index contributed by atoms with van der Waals surface area (Å²) in [5, 5.41) is 30.3. The number of pyridine rings is 1. The molecule has 102 heavy (non-hydrogen) atoms. The minimum absolute atomic E-state index is 0.0669. The molecule has 0 aliphatic carbocycles. The summed E-state index contributed by atoms with van der Waals surface area (Å²) in [6, 6.07) is 25.3. The van der Waals surface area contributed by atoms with Crippen LogP contribution in [0.2, 0.25) is 5.02 Å². The van der Waals surface area contributed by atoms with Crippen LogP contribution in [0.5, 0.6) is 23.1 Å². The first-order valence-corrected chi connectivity index (χ1v) is 34.7. The Morgan fingerprint density at radius 2 is 1.23 bits per heavy atom. The molecule has 6 aliphatic rings. The summed E-state index contributed by atoms with van der Waals surface area (Å²) in [7, 11) is 1.31. The number of aromatic nitrogens is 3. The number of hydrogen-bond acceptors (Lipinski definition) is 21. The Bertz CT molecular complexity index is 4710. The number of nitrogens with one attached hydrogen (secondary N) is 2. The Labute approximate surface area is 601 Å². The quantitative estimate of drug-likeness (QED) is 0.0547. The first kappa shape index (κ1) is 69.9. The average Bonchev–Trinajstić information content (AvgIpc) is 1.25. The molecule has 8 aromatic rings. The maximum atomic E-state index is 14.8. The lowest BCUT2D eigenvalue weighted by Crippen LogP contribution is -2.53. The number of piperazine rings is 2. The number of fused-ring (bicyclic) bond motifs is 2. The number of nitrogens with zero attached hydrogens (tertiary/aromatic N) is 11. The van der Waals surface area contributed by atoms with Gasteiger partial charge in [-0.2, -0.15) is 0 Å². The number of hydrogen-bond donors (Lipinski definition) is 4. The first-order valence-electron chi connectivity index (χ1n) is 31.8. The molecule has 14 rings (SSSR count). The maximum Gasteiger partial charge on any atom is 0.338 e. The molecular weight excluding hydrogens is 1450 g/mol. The molecule has 0 saturated carbocycles. The number of urea groups is 2. The number of benzene rings is 5. The van der Waals surface area contributed by atoms with E-state index in [1.165, 1.54) is 77.1 Å². The van der Waals surface area contributed by atoms with Gasteiger partial charge in [0.05, 0.1) is 65.6 Å². The molecule has 4 N–H and O–H groups in total. The second kappa shape index (κ2) is 30.3. The number of esters is 2. The van der Waals surface area contributed by atoms with Crippen LogP contribution in [0.4, 0.5) is 34.1 Å². The Kier molecular flexibility index (Phi) is 20.8. The number of amidine groups is 2. The highest BCUT2D eigenvalue weighted by Gasteiger charge is 2.45. The number of carboxylic acid groups (broad SMARTS) is 2. The molecule has 5 aromatic carbocycles. The number of aliphatic imine (C=N–C) groups is 2. The summed E-state index contributed by atoms with van der Waals surface area (Å²) in [5.74, 6) is -4.13. The van der Waals surface area contributed by atoms with Crippen LogP contribution >= 0.6 is 50.2 Å². The van der Waals surface area contributed by atoms with Gasteiger partial charge in [-0.3, -0.25) is 29.6 Å². The molecule has 0 bridgehead atoms. The number of amides is 4. The van der Waals surface area contributed by atoms with Crippen LogP contribution in [0.3, 0.4) is 0 Å². The van der Waals surface area contributed by atoms with Crippen molar-refractivity contribution in [2.45, 2.75) is 31.1 Å². The molecule has 25 nitrogen and oxygen atoms in total. The number of carbonyl (C=O) groups excluding carboxylic acids is 4. The van der Waals surface area contributed by atoms with E-state index in [4.69, 9.17) is 50.7 Å². The highest BCUT2D eigenvalue weighted by Crippen LogP contribution is 2.41. The van der Waals surface area contributed by atoms with Gasteiger partial charge in [-0.25, -0.2) is 56.9 Å². The predicted molar refractivity (Wildman–Crippen MR) is 374 cm³/mol. The SMILES string of the molecule is CCOC(=O)C1=C(CN2CCN3C(=O)N(c4ccc(Oc5ccc(C(=O)O)cc5)nc4)C[C@@H]3C2)NC(c2nccs2)=N[C@H]1c1ccc(F)cc1Br.COC(=O)C1=C(CN2CCN3C(=O)N(c4cc(F)cc(Oc5ccc(C(=O)O)cc5F)c4)C[C@@H]3C2)NC(c2nccs2)=N[C@H]1c1ccccc1Cl. The molecule has 6 aliphatic heterocycles. The van der Waals surface area contributed by atoms with Gasteiger partial charge >= 0.3 is 35.9 Å². The molecule has 0 radical (unpaired) electrons. The normalized spacial score (nSPS) is 19.0. The van der Waals surface area contributed by atoms with Gasteiger partial charge in [0.15, 0.2) is 33.3 Å². The van der Waals surface area contributed by atoms with Crippen LogP contribution in [-0.4, -0.2) is 184 Å². The van der Waals surface area contributed by atoms with Crippen molar-refractivity contribution in [1.82, 2.24) is 45.2 Å². The second-order valence-corrected chi connectivity index (χ2v) is 26.9. The monoisotopic (exact) mass is 1510 g/mol. The topological polar surface area (TPSA) is 287 Å². The van der Waals surface area contributed by atoms with E-state index in [1.807, 2.05) is 27.8 Å². The highest BCUT2D eigenvalue weighted by molar-refractivity contribution is 9.10. The summed E-state index contributed by atoms with van der Waals surface area (Å²) in [5.41, 5.74) is 3.75. The van der Waals surface area contributed by atoms with Gasteiger partial charge in [0.2, 0.25) is 5.88 Å². The van der Waals surface area contributed by atoms with Gasteiger partial charge in [-0.1, -0.05) is 51.8 Å². The average molecular weight is 1510 g/mol. The largest absolute Gasteiger partial charge is 0.478 e. The van der Waals surface area contributed by atoms with Crippen molar-refractivity contribution in [3.05, 3.63) is 226 Å². The van der Waals surface area contributed by atoms with E-state index in [-0.39, 0.29) is 65.6 Å². The van der Waals surface area contributed by atoms with E-state index in [9.17, 15) is 41.9 Å². The molecule has 3 aromatic heterocycles. The predicted octanol–water partition coefficient (Wildman–Crippen LogP) is 11.2. The molecule has 524 valence electrons. The Morgan fingerprint density at radius 3 is 1.77 bits per heavy atom. The summed E-state index contributed by atoms with van der Waals surface area (Å²) in [6.07, 6.45) is 4.92. The van der Waals surface area contributed by atoms with E-state index in [0.717, 1.165) is 18.2 Å². The van der Waals surface area contributed by atoms with Crippen molar-refractivity contribution in [2.75, 3.05) is 89.0 Å².